The summed E-state index contributed by atoms with van der Waals surface area (Å²) >= 11 is 0. The van der Waals surface area contributed by atoms with Crippen LogP contribution in [-0.4, -0.2) is 19.8 Å². The van der Waals surface area contributed by atoms with E-state index in [0.29, 0.717) is 12.1 Å². The molecule has 1 aliphatic heterocycles. The lowest BCUT2D eigenvalue weighted by Crippen LogP contribution is -2.34. The Labute approximate surface area is 111 Å². The van der Waals surface area contributed by atoms with E-state index in [-0.39, 0.29) is 0 Å². The molecule has 2 unspecified atom stereocenters. The highest BCUT2D eigenvalue weighted by atomic mass is 16.5. The highest BCUT2D eigenvalue weighted by Gasteiger charge is 2.25. The minimum absolute atomic E-state index is 0.324. The molecule has 0 amide bonds. The van der Waals surface area contributed by atoms with Crippen molar-refractivity contribution in [3.05, 3.63) is 34.4 Å². The smallest absolute Gasteiger partial charge is 0.0769 e. The SMILES string of the molecule is CNC(c1cc(C)c(C)cc1C)C1CCCCO1. The van der Waals surface area contributed by atoms with Crippen molar-refractivity contribution in [2.24, 2.45) is 0 Å². The largest absolute Gasteiger partial charge is 0.376 e. The second-order valence-corrected chi connectivity index (χ2v) is 5.46. The van der Waals surface area contributed by atoms with Crippen LogP contribution in [-0.2, 0) is 4.74 Å². The summed E-state index contributed by atoms with van der Waals surface area (Å²) in [5, 5.41) is 3.45. The van der Waals surface area contributed by atoms with E-state index in [2.05, 4.69) is 38.2 Å². The number of hydrogen-bond acceptors (Lipinski definition) is 2. The molecule has 0 aliphatic carbocycles. The van der Waals surface area contributed by atoms with Gasteiger partial charge in [0, 0.05) is 6.61 Å². The number of hydrogen-bond donors (Lipinski definition) is 1. The van der Waals surface area contributed by atoms with Crippen LogP contribution in [0.4, 0.5) is 0 Å². The first-order valence-corrected chi connectivity index (χ1v) is 7.00. The molecule has 0 spiro atoms. The number of nitrogens with one attached hydrogen (secondary N) is 1. The van der Waals surface area contributed by atoms with Crippen LogP contribution in [0.25, 0.3) is 0 Å². The van der Waals surface area contributed by atoms with Crippen LogP contribution >= 0.6 is 0 Å². The Bertz CT molecular complexity index is 408. The molecule has 1 N–H and O–H groups in total. The summed E-state index contributed by atoms with van der Waals surface area (Å²) in [6, 6.07) is 4.94. The van der Waals surface area contributed by atoms with Crippen LogP contribution in [0.3, 0.4) is 0 Å². The maximum absolute atomic E-state index is 5.95. The lowest BCUT2D eigenvalue weighted by molar-refractivity contribution is -0.00675. The topological polar surface area (TPSA) is 21.3 Å². The van der Waals surface area contributed by atoms with Crippen molar-refractivity contribution in [2.45, 2.75) is 52.2 Å². The number of aryl methyl sites for hydroxylation is 3. The van der Waals surface area contributed by atoms with Crippen LogP contribution in [0, 0.1) is 20.8 Å². The quantitative estimate of drug-likeness (QED) is 0.883. The van der Waals surface area contributed by atoms with Crippen LogP contribution in [0.5, 0.6) is 0 Å². The molecule has 0 aromatic heterocycles. The zero-order chi connectivity index (χ0) is 13.1. The van der Waals surface area contributed by atoms with Crippen molar-refractivity contribution in [3.8, 4) is 0 Å². The standard InChI is InChI=1S/C16H25NO/c1-11-9-13(3)14(10-12(11)2)16(17-4)15-7-5-6-8-18-15/h9-10,15-17H,5-8H2,1-4H3. The van der Waals surface area contributed by atoms with Crippen LogP contribution in [0.1, 0.15) is 47.6 Å². The molecule has 18 heavy (non-hydrogen) atoms. The molecular formula is C16H25NO. The molecule has 0 radical (unpaired) electrons. The Morgan fingerprint density at radius 1 is 1.11 bits per heavy atom. The van der Waals surface area contributed by atoms with Gasteiger partial charge in [0.1, 0.15) is 0 Å². The maximum atomic E-state index is 5.95. The van der Waals surface area contributed by atoms with E-state index < -0.39 is 0 Å². The van der Waals surface area contributed by atoms with Gasteiger partial charge in [0.2, 0.25) is 0 Å². The highest BCUT2D eigenvalue weighted by molar-refractivity contribution is 5.38. The molecule has 100 valence electrons. The summed E-state index contributed by atoms with van der Waals surface area (Å²) in [5.74, 6) is 0. The van der Waals surface area contributed by atoms with E-state index in [1.807, 2.05) is 7.05 Å². The first kappa shape index (κ1) is 13.6. The first-order chi connectivity index (χ1) is 8.63. The van der Waals surface area contributed by atoms with Gasteiger partial charge >= 0.3 is 0 Å². The number of likely N-dealkylation sites (N-methyl/N-ethyl adjacent to an activating group) is 1. The average Bonchev–Trinajstić information content (AvgIpc) is 2.38. The molecule has 2 heteroatoms. The molecule has 2 rings (SSSR count). The summed E-state index contributed by atoms with van der Waals surface area (Å²) in [6.45, 7) is 7.48. The van der Waals surface area contributed by atoms with Crippen molar-refractivity contribution in [2.75, 3.05) is 13.7 Å². The molecule has 2 atom stereocenters. The predicted octanol–water partition coefficient (Wildman–Crippen LogP) is 3.44. The van der Waals surface area contributed by atoms with Gasteiger partial charge in [0.25, 0.3) is 0 Å². The minimum Gasteiger partial charge on any atom is -0.376 e. The third kappa shape index (κ3) is 2.76. The zero-order valence-electron chi connectivity index (χ0n) is 12.0. The molecular weight excluding hydrogens is 222 g/mol. The van der Waals surface area contributed by atoms with Crippen molar-refractivity contribution in [1.29, 1.82) is 0 Å². The first-order valence-electron chi connectivity index (χ1n) is 7.00. The van der Waals surface area contributed by atoms with Crippen molar-refractivity contribution >= 4 is 0 Å². The second-order valence-electron chi connectivity index (χ2n) is 5.46. The normalized spacial score (nSPS) is 21.9. The summed E-state index contributed by atoms with van der Waals surface area (Å²) in [4.78, 5) is 0. The van der Waals surface area contributed by atoms with Crippen molar-refractivity contribution in [3.63, 3.8) is 0 Å². The van der Waals surface area contributed by atoms with Gasteiger partial charge in [-0.15, -0.1) is 0 Å². The van der Waals surface area contributed by atoms with Crippen molar-refractivity contribution in [1.82, 2.24) is 5.32 Å². The summed E-state index contributed by atoms with van der Waals surface area (Å²) < 4.78 is 5.95. The van der Waals surface area contributed by atoms with Gasteiger partial charge < -0.3 is 10.1 Å². The van der Waals surface area contributed by atoms with E-state index in [9.17, 15) is 0 Å². The van der Waals surface area contributed by atoms with E-state index in [1.54, 1.807) is 0 Å². The van der Waals surface area contributed by atoms with Crippen LogP contribution < -0.4 is 5.32 Å². The highest BCUT2D eigenvalue weighted by Crippen LogP contribution is 2.29. The monoisotopic (exact) mass is 247 g/mol. The van der Waals surface area contributed by atoms with Gasteiger partial charge in [-0.3, -0.25) is 0 Å². The predicted molar refractivity (Wildman–Crippen MR) is 76.0 cm³/mol. The third-order valence-corrected chi connectivity index (χ3v) is 4.12. The molecule has 0 bridgehead atoms. The average molecular weight is 247 g/mol. The maximum Gasteiger partial charge on any atom is 0.0769 e. The van der Waals surface area contributed by atoms with E-state index in [4.69, 9.17) is 4.74 Å². The molecule has 1 aromatic carbocycles. The molecule has 1 saturated heterocycles. The zero-order valence-corrected chi connectivity index (χ0v) is 12.0. The molecule has 1 aromatic rings. The van der Waals surface area contributed by atoms with Crippen LogP contribution in [0.2, 0.25) is 0 Å². The molecule has 1 aliphatic rings. The molecule has 1 fully saturated rings. The van der Waals surface area contributed by atoms with Gasteiger partial charge in [-0.2, -0.15) is 0 Å². The summed E-state index contributed by atoms with van der Waals surface area (Å²) in [6.07, 6.45) is 3.98. The number of benzene rings is 1. The lowest BCUT2D eigenvalue weighted by Gasteiger charge is -2.32. The van der Waals surface area contributed by atoms with Crippen molar-refractivity contribution < 1.29 is 4.74 Å². The molecule has 1 heterocycles. The van der Waals surface area contributed by atoms with Gasteiger partial charge in [-0.05, 0) is 69.3 Å². The Morgan fingerprint density at radius 2 is 1.83 bits per heavy atom. The number of rotatable bonds is 3. The molecule has 2 nitrogen and oxygen atoms in total. The van der Waals surface area contributed by atoms with Gasteiger partial charge in [-0.25, -0.2) is 0 Å². The van der Waals surface area contributed by atoms with Gasteiger partial charge in [-0.1, -0.05) is 12.1 Å². The Kier molecular flexibility index (Phi) is 4.41. The second kappa shape index (κ2) is 5.85. The number of ether oxygens (including phenoxy) is 1. The van der Waals surface area contributed by atoms with Gasteiger partial charge in [0.15, 0.2) is 0 Å². The fourth-order valence-electron chi connectivity index (χ4n) is 2.89. The third-order valence-electron chi connectivity index (χ3n) is 4.12. The summed E-state index contributed by atoms with van der Waals surface area (Å²) in [7, 11) is 2.04. The lowest BCUT2D eigenvalue weighted by atomic mass is 9.90. The molecule has 0 saturated carbocycles. The van der Waals surface area contributed by atoms with E-state index in [1.165, 1.54) is 35.1 Å². The summed E-state index contributed by atoms with van der Waals surface area (Å²) in [5.41, 5.74) is 5.50. The Morgan fingerprint density at radius 3 is 2.44 bits per heavy atom. The van der Waals surface area contributed by atoms with Gasteiger partial charge in [0.05, 0.1) is 12.1 Å². The fraction of sp³-hybridized carbons (Fsp3) is 0.625. The van der Waals surface area contributed by atoms with E-state index >= 15 is 0 Å². The van der Waals surface area contributed by atoms with E-state index in [0.717, 1.165) is 13.0 Å². The fourth-order valence-corrected chi connectivity index (χ4v) is 2.89. The minimum atomic E-state index is 0.324. The Hall–Kier alpha value is -0.860. The van der Waals surface area contributed by atoms with Crippen LogP contribution in [0.15, 0.2) is 12.1 Å². The Balaban J connectivity index is 2.28.